The molecule has 5 nitrogen and oxygen atoms in total. The van der Waals surface area contributed by atoms with Crippen LogP contribution in [-0.2, 0) is 9.53 Å². The lowest BCUT2D eigenvalue weighted by molar-refractivity contribution is -0.116. The zero-order valence-corrected chi connectivity index (χ0v) is 15.9. The molecule has 0 aliphatic carbocycles. The normalized spacial score (nSPS) is 10.6. The number of rotatable bonds is 9. The molecule has 2 aromatic rings. The summed E-state index contributed by atoms with van der Waals surface area (Å²) in [4.78, 5) is 25.6. The van der Waals surface area contributed by atoms with Crippen LogP contribution < -0.4 is 10.2 Å². The van der Waals surface area contributed by atoms with Crippen molar-refractivity contribution in [1.82, 2.24) is 5.32 Å². The molecule has 0 aliphatic heterocycles. The standard InChI is InChI=1S/C22H26N2O3/c1-3-24(20-8-5-4-6-9-20)17-7-16-23-21(25)15-12-18-10-13-19(14-11-18)22(26)27-2/h4-6,8-15H,3,7,16-17H2,1-2H3,(H,23,25)/b15-12+. The average molecular weight is 366 g/mol. The van der Waals surface area contributed by atoms with E-state index < -0.39 is 0 Å². The average Bonchev–Trinajstić information content (AvgIpc) is 2.72. The molecular weight excluding hydrogens is 340 g/mol. The summed E-state index contributed by atoms with van der Waals surface area (Å²) in [5.74, 6) is -0.505. The third kappa shape index (κ3) is 6.62. The van der Waals surface area contributed by atoms with Gasteiger partial charge in [0.25, 0.3) is 0 Å². The number of hydrogen-bond acceptors (Lipinski definition) is 4. The van der Waals surface area contributed by atoms with Crippen LogP contribution >= 0.6 is 0 Å². The number of nitrogens with one attached hydrogen (secondary N) is 1. The number of methoxy groups -OCH3 is 1. The number of benzene rings is 2. The van der Waals surface area contributed by atoms with E-state index in [-0.39, 0.29) is 11.9 Å². The molecule has 0 heterocycles. The second kappa shape index (κ2) is 10.8. The van der Waals surface area contributed by atoms with Gasteiger partial charge in [0.1, 0.15) is 0 Å². The molecule has 27 heavy (non-hydrogen) atoms. The fourth-order valence-corrected chi connectivity index (χ4v) is 2.67. The molecular formula is C22H26N2O3. The summed E-state index contributed by atoms with van der Waals surface area (Å²) in [5.41, 5.74) is 2.53. The van der Waals surface area contributed by atoms with E-state index >= 15 is 0 Å². The van der Waals surface area contributed by atoms with Gasteiger partial charge in [0.15, 0.2) is 0 Å². The van der Waals surface area contributed by atoms with Crippen molar-refractivity contribution in [2.75, 3.05) is 31.6 Å². The minimum atomic E-state index is -0.375. The van der Waals surface area contributed by atoms with E-state index in [1.807, 2.05) is 18.2 Å². The minimum absolute atomic E-state index is 0.130. The Balaban J connectivity index is 1.74. The summed E-state index contributed by atoms with van der Waals surface area (Å²) < 4.78 is 4.66. The number of hydrogen-bond donors (Lipinski definition) is 1. The second-order valence-corrected chi connectivity index (χ2v) is 6.01. The molecule has 0 bridgehead atoms. The summed E-state index contributed by atoms with van der Waals surface area (Å²) in [7, 11) is 1.35. The highest BCUT2D eigenvalue weighted by Gasteiger charge is 2.04. The van der Waals surface area contributed by atoms with Gasteiger partial charge in [-0.25, -0.2) is 4.79 Å². The van der Waals surface area contributed by atoms with Gasteiger partial charge in [-0.05, 0) is 49.2 Å². The topological polar surface area (TPSA) is 58.6 Å². The smallest absolute Gasteiger partial charge is 0.337 e. The first kappa shape index (κ1) is 20.2. The van der Waals surface area contributed by atoms with Gasteiger partial charge in [0.2, 0.25) is 5.91 Å². The van der Waals surface area contributed by atoms with Crippen LogP contribution in [0.25, 0.3) is 6.08 Å². The third-order valence-corrected chi connectivity index (χ3v) is 4.17. The highest BCUT2D eigenvalue weighted by atomic mass is 16.5. The van der Waals surface area contributed by atoms with Gasteiger partial charge in [0, 0.05) is 31.4 Å². The Morgan fingerprint density at radius 3 is 2.41 bits per heavy atom. The fraction of sp³-hybridized carbons (Fsp3) is 0.273. The van der Waals surface area contributed by atoms with E-state index in [1.165, 1.54) is 18.9 Å². The molecule has 2 rings (SSSR count). The molecule has 0 aliphatic rings. The van der Waals surface area contributed by atoms with Gasteiger partial charge >= 0.3 is 5.97 Å². The van der Waals surface area contributed by atoms with Crippen molar-refractivity contribution in [2.45, 2.75) is 13.3 Å². The number of ether oxygens (including phenoxy) is 1. The fourth-order valence-electron chi connectivity index (χ4n) is 2.67. The maximum Gasteiger partial charge on any atom is 0.337 e. The van der Waals surface area contributed by atoms with Crippen LogP contribution in [0.15, 0.2) is 60.7 Å². The van der Waals surface area contributed by atoms with E-state index in [4.69, 9.17) is 0 Å². The lowest BCUT2D eigenvalue weighted by atomic mass is 10.1. The molecule has 5 heteroatoms. The summed E-state index contributed by atoms with van der Waals surface area (Å²) in [5, 5.41) is 2.90. The van der Waals surface area contributed by atoms with Crippen molar-refractivity contribution >= 4 is 23.6 Å². The van der Waals surface area contributed by atoms with E-state index in [0.29, 0.717) is 12.1 Å². The van der Waals surface area contributed by atoms with Crippen LogP contribution in [0, 0.1) is 0 Å². The Labute approximate surface area is 160 Å². The molecule has 0 saturated heterocycles. The monoisotopic (exact) mass is 366 g/mol. The Hall–Kier alpha value is -3.08. The number of carbonyl (C=O) groups excluding carboxylic acids is 2. The molecule has 2 aromatic carbocycles. The quantitative estimate of drug-likeness (QED) is 0.419. The minimum Gasteiger partial charge on any atom is -0.465 e. The van der Waals surface area contributed by atoms with Crippen molar-refractivity contribution in [3.8, 4) is 0 Å². The summed E-state index contributed by atoms with van der Waals surface area (Å²) in [6.07, 6.45) is 4.09. The first-order chi connectivity index (χ1) is 13.1. The molecule has 0 radical (unpaired) electrons. The lowest BCUT2D eigenvalue weighted by Crippen LogP contribution is -2.29. The van der Waals surface area contributed by atoms with E-state index in [2.05, 4.69) is 34.0 Å². The van der Waals surface area contributed by atoms with Crippen molar-refractivity contribution in [3.63, 3.8) is 0 Å². The van der Waals surface area contributed by atoms with Gasteiger partial charge in [0.05, 0.1) is 12.7 Å². The molecule has 0 atom stereocenters. The zero-order chi connectivity index (χ0) is 19.5. The maximum atomic E-state index is 11.9. The van der Waals surface area contributed by atoms with Crippen molar-refractivity contribution in [1.29, 1.82) is 0 Å². The van der Waals surface area contributed by atoms with Crippen LogP contribution in [0.5, 0.6) is 0 Å². The van der Waals surface area contributed by atoms with Gasteiger partial charge in [-0.15, -0.1) is 0 Å². The van der Waals surface area contributed by atoms with Crippen molar-refractivity contribution in [2.24, 2.45) is 0 Å². The summed E-state index contributed by atoms with van der Waals surface area (Å²) in [6, 6.07) is 17.1. The number of para-hydroxylation sites is 1. The molecule has 142 valence electrons. The van der Waals surface area contributed by atoms with Gasteiger partial charge in [-0.1, -0.05) is 30.3 Å². The predicted octanol–water partition coefficient (Wildman–Crippen LogP) is 3.52. The summed E-state index contributed by atoms with van der Waals surface area (Å²) in [6.45, 7) is 4.56. The Morgan fingerprint density at radius 1 is 1.07 bits per heavy atom. The molecule has 0 fully saturated rings. The van der Waals surface area contributed by atoms with Crippen LogP contribution in [0.2, 0.25) is 0 Å². The third-order valence-electron chi connectivity index (χ3n) is 4.17. The lowest BCUT2D eigenvalue weighted by Gasteiger charge is -2.23. The largest absolute Gasteiger partial charge is 0.465 e. The number of carbonyl (C=O) groups is 2. The predicted molar refractivity (Wildman–Crippen MR) is 109 cm³/mol. The molecule has 0 spiro atoms. The molecule has 0 unspecified atom stereocenters. The number of esters is 1. The van der Waals surface area contributed by atoms with Crippen molar-refractivity contribution in [3.05, 3.63) is 71.8 Å². The molecule has 0 saturated carbocycles. The van der Waals surface area contributed by atoms with Crippen molar-refractivity contribution < 1.29 is 14.3 Å². The summed E-state index contributed by atoms with van der Waals surface area (Å²) >= 11 is 0. The Morgan fingerprint density at radius 2 is 1.78 bits per heavy atom. The van der Waals surface area contributed by atoms with E-state index in [1.54, 1.807) is 30.3 Å². The van der Waals surface area contributed by atoms with Gasteiger partial charge in [-0.3, -0.25) is 4.79 Å². The van der Waals surface area contributed by atoms with E-state index in [0.717, 1.165) is 25.1 Å². The van der Waals surface area contributed by atoms with Crippen LogP contribution in [-0.4, -0.2) is 38.6 Å². The Bertz CT molecular complexity index is 755. The first-order valence-corrected chi connectivity index (χ1v) is 9.08. The zero-order valence-electron chi connectivity index (χ0n) is 15.9. The number of nitrogens with zero attached hydrogens (tertiary/aromatic N) is 1. The van der Waals surface area contributed by atoms with Gasteiger partial charge in [-0.2, -0.15) is 0 Å². The SMILES string of the molecule is CCN(CCCNC(=O)/C=C/c1ccc(C(=O)OC)cc1)c1ccccc1. The molecule has 1 N–H and O–H groups in total. The van der Waals surface area contributed by atoms with Crippen LogP contribution in [0.4, 0.5) is 5.69 Å². The highest BCUT2D eigenvalue weighted by Crippen LogP contribution is 2.12. The number of amides is 1. The van der Waals surface area contributed by atoms with Crippen LogP contribution in [0.3, 0.4) is 0 Å². The van der Waals surface area contributed by atoms with Gasteiger partial charge < -0.3 is 15.0 Å². The molecule has 0 aromatic heterocycles. The second-order valence-electron chi connectivity index (χ2n) is 6.01. The van der Waals surface area contributed by atoms with Crippen LogP contribution in [0.1, 0.15) is 29.3 Å². The van der Waals surface area contributed by atoms with E-state index in [9.17, 15) is 9.59 Å². The molecule has 1 amide bonds. The Kier molecular flexibility index (Phi) is 8.10. The maximum absolute atomic E-state index is 11.9. The highest BCUT2D eigenvalue weighted by molar-refractivity contribution is 5.92. The number of anilines is 1. The first-order valence-electron chi connectivity index (χ1n) is 9.08.